The van der Waals surface area contributed by atoms with E-state index >= 15 is 0 Å². The minimum atomic E-state index is 0.203. The molecule has 6 heteroatoms. The average Bonchev–Trinajstić information content (AvgIpc) is 2.62. The lowest BCUT2D eigenvalue weighted by Gasteiger charge is -2.13. The van der Waals surface area contributed by atoms with E-state index < -0.39 is 0 Å². The van der Waals surface area contributed by atoms with Crippen LogP contribution in [0.4, 0.5) is 17.5 Å². The van der Waals surface area contributed by atoms with Crippen LogP contribution in [0.25, 0.3) is 11.4 Å². The molecule has 0 aliphatic rings. The number of aromatic nitrogens is 3. The molecule has 0 fully saturated rings. The molecule has 0 aliphatic carbocycles. The van der Waals surface area contributed by atoms with Crippen LogP contribution in [0.5, 0.6) is 0 Å². The molecule has 0 unspecified atom stereocenters. The van der Waals surface area contributed by atoms with E-state index in [1.807, 2.05) is 50.2 Å². The van der Waals surface area contributed by atoms with Gasteiger partial charge in [-0.3, -0.25) is 4.98 Å². The average molecular weight is 330 g/mol. The van der Waals surface area contributed by atoms with Gasteiger partial charge in [0.2, 0.25) is 5.95 Å². The number of benzene rings is 1. The van der Waals surface area contributed by atoms with Crippen LogP contribution in [-0.2, 0) is 0 Å². The van der Waals surface area contributed by atoms with Gasteiger partial charge in [-0.15, -0.1) is 0 Å². The van der Waals surface area contributed by atoms with Gasteiger partial charge in [0.05, 0.1) is 23.0 Å². The highest BCUT2D eigenvalue weighted by atomic mass is 15.2. The molecule has 3 aromatic rings. The van der Waals surface area contributed by atoms with E-state index in [1.54, 1.807) is 18.3 Å². The number of pyridine rings is 1. The molecular weight excluding hydrogens is 312 g/mol. The Hall–Kier alpha value is -3.46. The first-order chi connectivity index (χ1) is 12.1. The Morgan fingerprint density at radius 3 is 2.60 bits per heavy atom. The molecule has 6 nitrogen and oxygen atoms in total. The monoisotopic (exact) mass is 330 g/mol. The molecule has 2 heterocycles. The molecule has 0 saturated carbocycles. The smallest absolute Gasteiger partial charge is 0.225 e. The summed E-state index contributed by atoms with van der Waals surface area (Å²) in [6.07, 6.45) is 1.73. The van der Waals surface area contributed by atoms with Gasteiger partial charge in [-0.05, 0) is 44.2 Å². The van der Waals surface area contributed by atoms with Crippen molar-refractivity contribution in [3.8, 4) is 17.5 Å². The largest absolute Gasteiger partial charge is 0.352 e. The first-order valence-corrected chi connectivity index (χ1v) is 7.98. The quantitative estimate of drug-likeness (QED) is 0.736. The van der Waals surface area contributed by atoms with Crippen LogP contribution >= 0.6 is 0 Å². The van der Waals surface area contributed by atoms with Gasteiger partial charge in [-0.2, -0.15) is 10.2 Å². The summed E-state index contributed by atoms with van der Waals surface area (Å²) in [6, 6.07) is 17.1. The second-order valence-corrected chi connectivity index (χ2v) is 5.79. The molecule has 0 bridgehead atoms. The number of nitrogens with one attached hydrogen (secondary N) is 2. The van der Waals surface area contributed by atoms with Gasteiger partial charge in [-0.25, -0.2) is 4.98 Å². The molecule has 0 spiro atoms. The second kappa shape index (κ2) is 7.41. The predicted molar refractivity (Wildman–Crippen MR) is 98.5 cm³/mol. The second-order valence-electron chi connectivity index (χ2n) is 5.79. The topological polar surface area (TPSA) is 86.5 Å². The van der Waals surface area contributed by atoms with Crippen LogP contribution in [-0.4, -0.2) is 21.0 Å². The first-order valence-electron chi connectivity index (χ1n) is 7.98. The minimum Gasteiger partial charge on any atom is -0.352 e. The number of anilines is 3. The molecule has 2 N–H and O–H groups in total. The highest BCUT2D eigenvalue weighted by Crippen LogP contribution is 2.23. The fraction of sp³-hybridized carbons (Fsp3) is 0.158. The van der Waals surface area contributed by atoms with Crippen LogP contribution in [0.15, 0.2) is 54.7 Å². The van der Waals surface area contributed by atoms with Crippen LogP contribution in [0.2, 0.25) is 0 Å². The van der Waals surface area contributed by atoms with Crippen molar-refractivity contribution in [1.29, 1.82) is 5.26 Å². The zero-order valence-corrected chi connectivity index (χ0v) is 14.1. The molecule has 3 rings (SSSR count). The number of nitriles is 1. The van der Waals surface area contributed by atoms with E-state index in [4.69, 9.17) is 5.26 Å². The predicted octanol–water partition coefficient (Wildman–Crippen LogP) is 3.97. The molecular formula is C19H18N6. The maximum absolute atomic E-state index is 9.04. The van der Waals surface area contributed by atoms with Gasteiger partial charge < -0.3 is 10.6 Å². The van der Waals surface area contributed by atoms with Crippen molar-refractivity contribution in [1.82, 2.24) is 15.0 Å². The van der Waals surface area contributed by atoms with Crippen molar-refractivity contribution in [3.05, 3.63) is 60.3 Å². The fourth-order valence-corrected chi connectivity index (χ4v) is 2.29. The van der Waals surface area contributed by atoms with E-state index in [0.717, 1.165) is 17.1 Å². The molecule has 0 saturated heterocycles. The number of hydrogen-bond donors (Lipinski definition) is 2. The van der Waals surface area contributed by atoms with Crippen molar-refractivity contribution in [2.45, 2.75) is 19.9 Å². The summed E-state index contributed by atoms with van der Waals surface area (Å²) in [7, 11) is 0. The van der Waals surface area contributed by atoms with Crippen LogP contribution in [0.1, 0.15) is 19.4 Å². The lowest BCUT2D eigenvalue weighted by molar-refractivity contribution is 0.875. The lowest BCUT2D eigenvalue weighted by atomic mass is 10.2. The number of rotatable bonds is 5. The molecule has 1 aromatic carbocycles. The molecule has 2 aromatic heterocycles. The number of hydrogen-bond acceptors (Lipinski definition) is 6. The summed E-state index contributed by atoms with van der Waals surface area (Å²) < 4.78 is 0. The van der Waals surface area contributed by atoms with Crippen LogP contribution in [0, 0.1) is 11.3 Å². The van der Waals surface area contributed by atoms with Gasteiger partial charge in [0.25, 0.3) is 0 Å². The van der Waals surface area contributed by atoms with E-state index in [1.165, 1.54) is 0 Å². The zero-order valence-electron chi connectivity index (χ0n) is 14.1. The summed E-state index contributed by atoms with van der Waals surface area (Å²) in [5, 5.41) is 15.5. The Balaban J connectivity index is 1.98. The van der Waals surface area contributed by atoms with Crippen molar-refractivity contribution in [2.24, 2.45) is 0 Å². The van der Waals surface area contributed by atoms with Gasteiger partial charge in [0.1, 0.15) is 5.82 Å². The first kappa shape index (κ1) is 16.4. The molecule has 0 radical (unpaired) electrons. The third kappa shape index (κ3) is 4.30. The molecule has 0 atom stereocenters. The SMILES string of the molecule is CC(C)Nc1nc(Nc2cccc(C#N)c2)cc(-c2ccccn2)n1. The Morgan fingerprint density at radius 1 is 1.00 bits per heavy atom. The highest BCUT2D eigenvalue weighted by Gasteiger charge is 2.09. The third-order valence-corrected chi connectivity index (χ3v) is 3.34. The Labute approximate surface area is 146 Å². The van der Waals surface area contributed by atoms with E-state index in [9.17, 15) is 0 Å². The minimum absolute atomic E-state index is 0.203. The van der Waals surface area contributed by atoms with Crippen molar-refractivity contribution < 1.29 is 0 Å². The molecule has 25 heavy (non-hydrogen) atoms. The Bertz CT molecular complexity index is 899. The van der Waals surface area contributed by atoms with Crippen LogP contribution in [0.3, 0.4) is 0 Å². The summed E-state index contributed by atoms with van der Waals surface area (Å²) in [6.45, 7) is 4.06. The Morgan fingerprint density at radius 2 is 1.88 bits per heavy atom. The fourth-order valence-electron chi connectivity index (χ4n) is 2.29. The van der Waals surface area contributed by atoms with E-state index in [2.05, 4.69) is 31.7 Å². The van der Waals surface area contributed by atoms with Crippen molar-refractivity contribution in [3.63, 3.8) is 0 Å². The summed E-state index contributed by atoms with van der Waals surface area (Å²) in [4.78, 5) is 13.4. The third-order valence-electron chi connectivity index (χ3n) is 3.34. The van der Waals surface area contributed by atoms with Gasteiger partial charge in [0.15, 0.2) is 0 Å². The van der Waals surface area contributed by atoms with E-state index in [-0.39, 0.29) is 6.04 Å². The summed E-state index contributed by atoms with van der Waals surface area (Å²) in [5.74, 6) is 1.16. The lowest BCUT2D eigenvalue weighted by Crippen LogP contribution is -2.13. The summed E-state index contributed by atoms with van der Waals surface area (Å²) in [5.41, 5.74) is 2.87. The van der Waals surface area contributed by atoms with Crippen LogP contribution < -0.4 is 10.6 Å². The van der Waals surface area contributed by atoms with Gasteiger partial charge >= 0.3 is 0 Å². The van der Waals surface area contributed by atoms with Gasteiger partial charge in [0, 0.05) is 24.0 Å². The summed E-state index contributed by atoms with van der Waals surface area (Å²) >= 11 is 0. The highest BCUT2D eigenvalue weighted by molar-refractivity contribution is 5.66. The Kier molecular flexibility index (Phi) is 4.86. The molecule has 0 aliphatic heterocycles. The maximum atomic E-state index is 9.04. The van der Waals surface area contributed by atoms with E-state index in [0.29, 0.717) is 17.3 Å². The normalized spacial score (nSPS) is 10.3. The molecule has 124 valence electrons. The molecule has 0 amide bonds. The number of nitrogens with zero attached hydrogens (tertiary/aromatic N) is 4. The standard InChI is InChI=1S/C19H18N6/c1-13(2)22-19-24-17(16-8-3-4-9-21-16)11-18(25-19)23-15-7-5-6-14(10-15)12-20/h3-11,13H,1-2H3,(H2,22,23,24,25). The van der Waals surface area contributed by atoms with Crippen molar-refractivity contribution >= 4 is 17.5 Å². The maximum Gasteiger partial charge on any atom is 0.225 e. The van der Waals surface area contributed by atoms with Crippen molar-refractivity contribution in [2.75, 3.05) is 10.6 Å². The zero-order chi connectivity index (χ0) is 17.6. The van der Waals surface area contributed by atoms with Gasteiger partial charge in [-0.1, -0.05) is 12.1 Å².